The molecule has 3 N–H and O–H groups in total. The molecule has 8 nitrogen and oxygen atoms in total. The van der Waals surface area contributed by atoms with E-state index in [0.717, 1.165) is 11.5 Å². The van der Waals surface area contributed by atoms with Gasteiger partial charge in [0.05, 0.1) is 6.61 Å². The molecule has 26 heavy (non-hydrogen) atoms. The first-order valence-corrected chi connectivity index (χ1v) is 7.93. The maximum atomic E-state index is 14.8. The molecule has 0 aliphatic carbocycles. The summed E-state index contributed by atoms with van der Waals surface area (Å²) in [4.78, 5) is 28.0. The maximum absolute atomic E-state index is 14.8. The maximum Gasteiger partial charge on any atom is 0.351 e. The monoisotopic (exact) mass is 363 g/mol. The summed E-state index contributed by atoms with van der Waals surface area (Å²) in [6.45, 7) is 0.486. The van der Waals surface area contributed by atoms with Crippen LogP contribution in [0.4, 0.5) is 10.2 Å². The average molecular weight is 363 g/mol. The van der Waals surface area contributed by atoms with Gasteiger partial charge in [-0.1, -0.05) is 18.2 Å². The quantitative estimate of drug-likeness (QED) is 0.728. The number of halogens is 1. The van der Waals surface area contributed by atoms with E-state index in [-0.39, 0.29) is 5.82 Å². The largest absolute Gasteiger partial charge is 0.394 e. The van der Waals surface area contributed by atoms with Gasteiger partial charge in [0.2, 0.25) is 0 Å². The Labute approximate surface area is 147 Å². The molecular formula is C17H18FN3O5. The van der Waals surface area contributed by atoms with E-state index < -0.39 is 42.3 Å². The van der Waals surface area contributed by atoms with Gasteiger partial charge < -0.3 is 20.3 Å². The predicted molar refractivity (Wildman–Crippen MR) is 89.4 cm³/mol. The lowest BCUT2D eigenvalue weighted by molar-refractivity contribution is -0.0610. The summed E-state index contributed by atoms with van der Waals surface area (Å²) in [5.74, 6) is -0.448. The molecule has 2 aromatic rings. The number of aliphatic hydroxyl groups excluding tert-OH is 2. The molecule has 3 rings (SSSR count). The van der Waals surface area contributed by atoms with Crippen molar-refractivity contribution in [3.63, 3.8) is 0 Å². The van der Waals surface area contributed by atoms with E-state index in [2.05, 4.69) is 10.3 Å². The van der Waals surface area contributed by atoms with Crippen molar-refractivity contribution in [3.05, 3.63) is 58.6 Å². The van der Waals surface area contributed by atoms with Gasteiger partial charge >= 0.3 is 5.69 Å². The van der Waals surface area contributed by atoms with Gasteiger partial charge in [0, 0.05) is 11.8 Å². The van der Waals surface area contributed by atoms with E-state index in [4.69, 9.17) is 9.84 Å². The summed E-state index contributed by atoms with van der Waals surface area (Å²) in [6.07, 6.45) is -2.99. The lowest BCUT2D eigenvalue weighted by Gasteiger charge is -2.24. The molecule has 9 heteroatoms. The number of aromatic nitrogens is 2. The summed E-state index contributed by atoms with van der Waals surface area (Å²) < 4.78 is 20.9. The number of carbonyl (C=O) groups is 1. The lowest BCUT2D eigenvalue weighted by atomic mass is 9.98. The van der Waals surface area contributed by atoms with Crippen molar-refractivity contribution in [1.82, 2.24) is 9.55 Å². The van der Waals surface area contributed by atoms with E-state index in [0.29, 0.717) is 5.56 Å². The number of amides is 1. The van der Waals surface area contributed by atoms with Gasteiger partial charge in [-0.3, -0.25) is 9.36 Å². The molecule has 1 aliphatic rings. The van der Waals surface area contributed by atoms with Crippen molar-refractivity contribution in [3.8, 4) is 0 Å². The number of alkyl halides is 1. The molecule has 1 aromatic heterocycles. The fraction of sp³-hybridized carbons (Fsp3) is 0.353. The van der Waals surface area contributed by atoms with E-state index >= 15 is 0 Å². The summed E-state index contributed by atoms with van der Waals surface area (Å²) in [6, 6.07) is 9.69. The number of ether oxygens (including phenoxy) is 1. The first-order chi connectivity index (χ1) is 12.3. The van der Waals surface area contributed by atoms with Gasteiger partial charge in [0.15, 0.2) is 11.9 Å². The molecule has 0 bridgehead atoms. The summed E-state index contributed by atoms with van der Waals surface area (Å²) in [5.41, 5.74) is -2.77. The van der Waals surface area contributed by atoms with E-state index in [1.807, 2.05) is 0 Å². The minimum absolute atomic E-state index is 0.00193. The molecule has 0 radical (unpaired) electrons. The molecule has 1 unspecified atom stereocenters. The fourth-order valence-corrected chi connectivity index (χ4v) is 2.80. The Morgan fingerprint density at radius 3 is 2.65 bits per heavy atom. The minimum Gasteiger partial charge on any atom is -0.394 e. The molecule has 1 saturated heterocycles. The van der Waals surface area contributed by atoms with Gasteiger partial charge in [-0.25, -0.2) is 9.18 Å². The summed E-state index contributed by atoms with van der Waals surface area (Å²) >= 11 is 0. The Bertz CT molecular complexity index is 855. The number of anilines is 1. The van der Waals surface area contributed by atoms with Crippen LogP contribution in [0.5, 0.6) is 0 Å². The van der Waals surface area contributed by atoms with Crippen LogP contribution in [0.2, 0.25) is 0 Å². The van der Waals surface area contributed by atoms with Crippen LogP contribution < -0.4 is 11.0 Å². The highest BCUT2D eigenvalue weighted by Gasteiger charge is 2.55. The molecule has 4 atom stereocenters. The zero-order valence-electron chi connectivity index (χ0n) is 13.9. The second kappa shape index (κ2) is 6.94. The van der Waals surface area contributed by atoms with Crippen LogP contribution in [0.3, 0.4) is 0 Å². The van der Waals surface area contributed by atoms with Crippen LogP contribution in [0, 0.1) is 0 Å². The first kappa shape index (κ1) is 18.2. The Hall–Kier alpha value is -2.62. The molecule has 0 spiro atoms. The Balaban J connectivity index is 1.82. The second-order valence-corrected chi connectivity index (χ2v) is 6.13. The summed E-state index contributed by atoms with van der Waals surface area (Å²) in [5, 5.41) is 21.5. The second-order valence-electron chi connectivity index (χ2n) is 6.13. The van der Waals surface area contributed by atoms with Crippen molar-refractivity contribution in [2.75, 3.05) is 11.9 Å². The van der Waals surface area contributed by atoms with E-state index in [1.165, 1.54) is 12.3 Å². The molecule has 1 amide bonds. The smallest absolute Gasteiger partial charge is 0.351 e. The highest BCUT2D eigenvalue weighted by atomic mass is 19.1. The zero-order valence-corrected chi connectivity index (χ0v) is 13.9. The highest BCUT2D eigenvalue weighted by molar-refractivity contribution is 6.03. The number of nitrogens with one attached hydrogen (secondary N) is 1. The Kier molecular flexibility index (Phi) is 4.86. The third-order valence-corrected chi connectivity index (χ3v) is 4.26. The predicted octanol–water partition coefficient (Wildman–Crippen LogP) is 0.474. The number of carbonyl (C=O) groups excluding carboxylic acids is 1. The van der Waals surface area contributed by atoms with Gasteiger partial charge in [-0.15, -0.1) is 0 Å². The molecule has 138 valence electrons. The number of benzene rings is 1. The number of hydrogen-bond donors (Lipinski definition) is 3. The van der Waals surface area contributed by atoms with Gasteiger partial charge in [-0.05, 0) is 25.1 Å². The van der Waals surface area contributed by atoms with Crippen LogP contribution in [0.1, 0.15) is 23.5 Å². The minimum atomic E-state index is -2.30. The van der Waals surface area contributed by atoms with Crippen molar-refractivity contribution in [1.29, 1.82) is 0 Å². The van der Waals surface area contributed by atoms with Gasteiger partial charge in [0.1, 0.15) is 18.0 Å². The van der Waals surface area contributed by atoms with Crippen molar-refractivity contribution < 1.29 is 24.1 Å². The van der Waals surface area contributed by atoms with Crippen LogP contribution in [-0.2, 0) is 4.74 Å². The third kappa shape index (κ3) is 3.24. The Morgan fingerprint density at radius 1 is 1.38 bits per heavy atom. The Morgan fingerprint density at radius 2 is 2.08 bits per heavy atom. The molecule has 1 aromatic carbocycles. The van der Waals surface area contributed by atoms with Crippen LogP contribution in [-0.4, -0.2) is 50.2 Å². The average Bonchev–Trinajstić information content (AvgIpc) is 2.85. The number of hydrogen-bond acceptors (Lipinski definition) is 6. The van der Waals surface area contributed by atoms with Crippen LogP contribution in [0.15, 0.2) is 47.4 Å². The molecular weight excluding hydrogens is 345 g/mol. The normalized spacial score (nSPS) is 28.1. The van der Waals surface area contributed by atoms with Crippen LogP contribution >= 0.6 is 0 Å². The van der Waals surface area contributed by atoms with Crippen molar-refractivity contribution >= 4 is 11.7 Å². The molecule has 1 aliphatic heterocycles. The zero-order chi connectivity index (χ0) is 18.9. The standard InChI is InChI=1S/C17H18FN3O5/c1-17(18)13(23)11(9-22)26-15(17)21-8-7-12(20-16(21)25)19-14(24)10-5-3-2-4-6-10/h2-8,11,13,15,22-23H,9H2,1H3,(H,19,20,24,25)/t11-,13-,15?,17-/m1/s1. The van der Waals surface area contributed by atoms with Crippen molar-refractivity contribution in [2.45, 2.75) is 31.0 Å². The van der Waals surface area contributed by atoms with Gasteiger partial charge in [0.25, 0.3) is 5.91 Å². The molecule has 2 heterocycles. The van der Waals surface area contributed by atoms with Gasteiger partial charge in [-0.2, -0.15) is 4.98 Å². The molecule has 0 saturated carbocycles. The SMILES string of the molecule is C[C@]1(F)C(n2ccc(NC(=O)c3ccccc3)nc2=O)O[C@H](CO)[C@H]1O. The number of rotatable bonds is 4. The van der Waals surface area contributed by atoms with E-state index in [9.17, 15) is 19.1 Å². The summed E-state index contributed by atoms with van der Waals surface area (Å²) in [7, 11) is 0. The topological polar surface area (TPSA) is 114 Å². The van der Waals surface area contributed by atoms with Crippen molar-refractivity contribution in [2.24, 2.45) is 0 Å². The number of nitrogens with zero attached hydrogens (tertiary/aromatic N) is 2. The van der Waals surface area contributed by atoms with E-state index in [1.54, 1.807) is 30.3 Å². The first-order valence-electron chi connectivity index (χ1n) is 7.93. The molecule has 1 fully saturated rings. The van der Waals surface area contributed by atoms with Crippen LogP contribution in [0.25, 0.3) is 0 Å². The third-order valence-electron chi connectivity index (χ3n) is 4.26. The highest BCUT2D eigenvalue weighted by Crippen LogP contribution is 2.40. The number of aliphatic hydroxyl groups is 2. The lowest BCUT2D eigenvalue weighted by Crippen LogP contribution is -2.42. The fourth-order valence-electron chi connectivity index (χ4n) is 2.80.